The number of nitrogens with zero attached hydrogens (tertiary/aromatic N) is 3. The average molecular weight is 668 g/mol. The molecule has 0 fully saturated rings. The van der Waals surface area contributed by atoms with Crippen LogP contribution in [0.1, 0.15) is 5.56 Å². The van der Waals surface area contributed by atoms with Crippen molar-refractivity contribution in [1.82, 2.24) is 9.13 Å². The predicted octanol–water partition coefficient (Wildman–Crippen LogP) is 13.0. The summed E-state index contributed by atoms with van der Waals surface area (Å²) in [7, 11) is 0. The third-order valence-corrected chi connectivity index (χ3v) is 9.94. The van der Waals surface area contributed by atoms with Crippen molar-refractivity contribution in [2.45, 2.75) is 6.18 Å². The highest BCUT2D eigenvalue weighted by molar-refractivity contribution is 6.12. The molecule has 10 aromatic rings. The van der Waals surface area contributed by atoms with E-state index in [-0.39, 0.29) is 5.58 Å². The number of halogens is 3. The van der Waals surface area contributed by atoms with Crippen molar-refractivity contribution in [1.29, 1.82) is 0 Å². The van der Waals surface area contributed by atoms with Gasteiger partial charge in [0, 0.05) is 44.4 Å². The molecule has 0 bridgehead atoms. The molecule has 0 amide bonds. The molecule has 3 aromatic heterocycles. The number of aromatic nitrogens is 2. The molecule has 0 atom stereocenters. The maximum atomic E-state index is 13.4. The van der Waals surface area contributed by atoms with E-state index in [1.807, 2.05) is 60.7 Å². The monoisotopic (exact) mass is 667 g/mol. The Balaban J connectivity index is 1.12. The number of para-hydroxylation sites is 2. The molecule has 0 unspecified atom stereocenters. The lowest BCUT2D eigenvalue weighted by Gasteiger charge is -2.11. The van der Waals surface area contributed by atoms with Crippen LogP contribution in [0.4, 0.5) is 18.9 Å². The molecule has 0 aliphatic carbocycles. The largest absolute Gasteiger partial charge is 0.456 e. The van der Waals surface area contributed by atoms with Crippen molar-refractivity contribution in [3.05, 3.63) is 163 Å². The van der Waals surface area contributed by atoms with E-state index in [9.17, 15) is 13.2 Å². The van der Waals surface area contributed by atoms with Gasteiger partial charge in [-0.1, -0.05) is 60.7 Å². The number of benzene rings is 7. The molecule has 0 N–H and O–H groups in total. The van der Waals surface area contributed by atoms with Gasteiger partial charge in [0.15, 0.2) is 5.69 Å². The zero-order valence-corrected chi connectivity index (χ0v) is 26.7. The summed E-state index contributed by atoms with van der Waals surface area (Å²) in [5.74, 6) is 0. The number of furan rings is 1. The summed E-state index contributed by atoms with van der Waals surface area (Å²) in [6.07, 6.45) is -4.45. The minimum atomic E-state index is -4.45. The van der Waals surface area contributed by atoms with E-state index in [0.29, 0.717) is 16.7 Å². The molecule has 7 aromatic carbocycles. The third-order valence-electron chi connectivity index (χ3n) is 9.94. The molecular weight excluding hydrogens is 643 g/mol. The smallest absolute Gasteiger partial charge is 0.416 e. The van der Waals surface area contributed by atoms with Crippen molar-refractivity contribution in [2.75, 3.05) is 0 Å². The normalized spacial score (nSPS) is 12.2. The predicted molar refractivity (Wildman–Crippen MR) is 199 cm³/mol. The molecule has 242 valence electrons. The number of rotatable bonds is 3. The van der Waals surface area contributed by atoms with Crippen LogP contribution in [0.5, 0.6) is 0 Å². The lowest BCUT2D eigenvalue weighted by molar-refractivity contribution is -0.137. The van der Waals surface area contributed by atoms with Crippen LogP contribution in [0.25, 0.3) is 92.9 Å². The van der Waals surface area contributed by atoms with Crippen LogP contribution in [0.15, 0.2) is 150 Å². The summed E-state index contributed by atoms with van der Waals surface area (Å²) < 4.78 is 50.7. The van der Waals surface area contributed by atoms with Crippen LogP contribution in [0, 0.1) is 6.57 Å². The second-order valence-electron chi connectivity index (χ2n) is 12.8. The molecule has 0 spiro atoms. The Labute approximate surface area is 288 Å². The first-order chi connectivity index (χ1) is 24.9. The van der Waals surface area contributed by atoms with Crippen LogP contribution >= 0.6 is 0 Å². The molecule has 4 nitrogen and oxygen atoms in total. The fourth-order valence-electron chi connectivity index (χ4n) is 7.64. The van der Waals surface area contributed by atoms with Gasteiger partial charge in [-0.2, -0.15) is 13.2 Å². The minimum Gasteiger partial charge on any atom is -0.456 e. The number of hydrogen-bond acceptors (Lipinski definition) is 1. The maximum absolute atomic E-state index is 13.4. The van der Waals surface area contributed by atoms with E-state index in [2.05, 4.69) is 80.7 Å². The fraction of sp³-hybridized carbons (Fsp3) is 0.0227. The van der Waals surface area contributed by atoms with Crippen LogP contribution in [-0.2, 0) is 6.18 Å². The molecule has 0 saturated carbocycles. The number of alkyl halides is 3. The van der Waals surface area contributed by atoms with Crippen molar-refractivity contribution >= 4 is 71.2 Å². The first-order valence-corrected chi connectivity index (χ1v) is 16.4. The SMILES string of the molecule is [C-]#[N+]c1ccc2c(c1)c1ccccc1n2-c1cccc(-c2ccc3c(c2)c2ccccc2n3-c2ccc3c(c2)oc2cc(C(F)(F)F)ccc23)c1. The van der Waals surface area contributed by atoms with E-state index in [1.165, 1.54) is 6.07 Å². The molecular formula is C44H24F3N3O. The van der Waals surface area contributed by atoms with Gasteiger partial charge in [-0.15, -0.1) is 0 Å². The first kappa shape index (κ1) is 29.2. The van der Waals surface area contributed by atoms with Crippen molar-refractivity contribution in [2.24, 2.45) is 0 Å². The summed E-state index contributed by atoms with van der Waals surface area (Å²) in [4.78, 5) is 3.66. The molecule has 0 saturated heterocycles. The Bertz CT molecular complexity index is 3100. The second kappa shape index (κ2) is 10.6. The fourth-order valence-corrected chi connectivity index (χ4v) is 7.64. The summed E-state index contributed by atoms with van der Waals surface area (Å²) in [6, 6.07) is 46.8. The van der Waals surface area contributed by atoms with E-state index in [1.54, 1.807) is 0 Å². The number of hydrogen-bond donors (Lipinski definition) is 0. The molecule has 10 rings (SSSR count). The summed E-state index contributed by atoms with van der Waals surface area (Å²) in [5.41, 5.74) is 8.76. The van der Waals surface area contributed by atoms with Crippen LogP contribution < -0.4 is 0 Å². The van der Waals surface area contributed by atoms with Gasteiger partial charge in [-0.3, -0.25) is 0 Å². The summed E-state index contributed by atoms with van der Waals surface area (Å²) >= 11 is 0. The molecule has 7 heteroatoms. The van der Waals surface area contributed by atoms with E-state index in [4.69, 9.17) is 11.0 Å². The lowest BCUT2D eigenvalue weighted by Crippen LogP contribution is -2.03. The van der Waals surface area contributed by atoms with Gasteiger partial charge in [0.05, 0.1) is 34.2 Å². The second-order valence-corrected chi connectivity index (χ2v) is 12.8. The van der Waals surface area contributed by atoms with Crippen molar-refractivity contribution in [3.8, 4) is 22.5 Å². The highest BCUT2D eigenvalue weighted by Gasteiger charge is 2.31. The van der Waals surface area contributed by atoms with Gasteiger partial charge in [0.25, 0.3) is 0 Å². The van der Waals surface area contributed by atoms with Crippen LogP contribution in [0.3, 0.4) is 0 Å². The van der Waals surface area contributed by atoms with E-state index < -0.39 is 11.7 Å². The number of fused-ring (bicyclic) bond motifs is 9. The first-order valence-electron chi connectivity index (χ1n) is 16.4. The molecule has 0 aliphatic rings. The van der Waals surface area contributed by atoms with E-state index >= 15 is 0 Å². The van der Waals surface area contributed by atoms with Crippen molar-refractivity contribution in [3.63, 3.8) is 0 Å². The lowest BCUT2D eigenvalue weighted by atomic mass is 10.0. The topological polar surface area (TPSA) is 27.4 Å². The van der Waals surface area contributed by atoms with E-state index in [0.717, 1.165) is 83.6 Å². The Morgan fingerprint density at radius 1 is 0.471 bits per heavy atom. The van der Waals surface area contributed by atoms with Gasteiger partial charge in [-0.05, 0) is 95.4 Å². The highest BCUT2D eigenvalue weighted by Crippen LogP contribution is 2.40. The Morgan fingerprint density at radius 3 is 1.76 bits per heavy atom. The van der Waals surface area contributed by atoms with Gasteiger partial charge >= 0.3 is 6.18 Å². The van der Waals surface area contributed by atoms with Crippen LogP contribution in [0.2, 0.25) is 0 Å². The molecule has 51 heavy (non-hydrogen) atoms. The summed E-state index contributed by atoms with van der Waals surface area (Å²) in [6.45, 7) is 7.54. The minimum absolute atomic E-state index is 0.208. The van der Waals surface area contributed by atoms with Gasteiger partial charge < -0.3 is 13.6 Å². The molecule has 3 heterocycles. The zero-order chi connectivity index (χ0) is 34.4. The molecule has 0 radical (unpaired) electrons. The Kier molecular flexibility index (Phi) is 6.07. The quantitative estimate of drug-likeness (QED) is 0.172. The Hall–Kier alpha value is -6.78. The Morgan fingerprint density at radius 2 is 1.06 bits per heavy atom. The highest BCUT2D eigenvalue weighted by atomic mass is 19.4. The maximum Gasteiger partial charge on any atom is 0.416 e. The van der Waals surface area contributed by atoms with Gasteiger partial charge in [0.1, 0.15) is 11.2 Å². The third kappa shape index (κ3) is 4.40. The summed E-state index contributed by atoms with van der Waals surface area (Å²) in [5, 5.41) is 5.72. The van der Waals surface area contributed by atoms with Crippen LogP contribution in [-0.4, -0.2) is 9.13 Å². The standard InChI is InChI=1S/C44H24F3N3O/c1-48-29-15-20-41-37(24-29)33-10-3-5-12-39(33)49(41)30-8-6-7-26(21-30)27-13-19-40-36(22-27)32-9-2-4-11-38(32)50(40)31-16-18-35-34-17-14-28(44(45,46)47)23-42(34)51-43(35)25-31/h2-25H. The zero-order valence-electron chi connectivity index (χ0n) is 26.7. The van der Waals surface area contributed by atoms with Crippen molar-refractivity contribution < 1.29 is 17.6 Å². The van der Waals surface area contributed by atoms with Gasteiger partial charge in [0.2, 0.25) is 0 Å². The average Bonchev–Trinajstić information content (AvgIpc) is 3.80. The molecule has 0 aliphatic heterocycles. The van der Waals surface area contributed by atoms with Gasteiger partial charge in [-0.25, -0.2) is 4.85 Å².